The van der Waals surface area contributed by atoms with Gasteiger partial charge in [-0.15, -0.1) is 0 Å². The van der Waals surface area contributed by atoms with Crippen molar-refractivity contribution < 1.29 is 19.8 Å². The summed E-state index contributed by atoms with van der Waals surface area (Å²) in [6, 6.07) is 1.75. The molecule has 22 heavy (non-hydrogen) atoms. The van der Waals surface area contributed by atoms with Crippen LogP contribution in [-0.4, -0.2) is 51.2 Å². The van der Waals surface area contributed by atoms with Crippen molar-refractivity contribution in [2.75, 3.05) is 13.1 Å². The lowest BCUT2D eigenvalue weighted by molar-refractivity contribution is -0.162. The number of carbonyl (C=O) groups is 2. The molecular formula is C16H22N2O4. The summed E-state index contributed by atoms with van der Waals surface area (Å²) in [5.74, 6) is -1.26. The molecule has 0 bridgehead atoms. The monoisotopic (exact) mass is 306 g/mol. The first-order valence-electron chi connectivity index (χ1n) is 7.53. The van der Waals surface area contributed by atoms with Crippen molar-refractivity contribution in [1.29, 1.82) is 0 Å². The summed E-state index contributed by atoms with van der Waals surface area (Å²) >= 11 is 0. The number of amides is 1. The molecule has 0 unspecified atom stereocenters. The number of piperidine rings is 1. The van der Waals surface area contributed by atoms with Gasteiger partial charge < -0.3 is 15.1 Å². The Morgan fingerprint density at radius 3 is 2.82 bits per heavy atom. The Bertz CT molecular complexity index is 575. The first kappa shape index (κ1) is 16.4. The van der Waals surface area contributed by atoms with Gasteiger partial charge in [-0.1, -0.05) is 13.3 Å². The normalized spacial score (nSPS) is 25.0. The Balaban J connectivity index is 2.28. The average Bonchev–Trinajstić information content (AvgIpc) is 2.49. The number of aryl methyl sites for hydroxylation is 1. The second kappa shape index (κ2) is 6.44. The van der Waals surface area contributed by atoms with E-state index in [0.717, 1.165) is 5.56 Å². The first-order chi connectivity index (χ1) is 10.4. The molecule has 0 aromatic carbocycles. The van der Waals surface area contributed by atoms with Crippen molar-refractivity contribution in [2.45, 2.75) is 39.2 Å². The summed E-state index contributed by atoms with van der Waals surface area (Å²) in [5, 5.41) is 19.8. The summed E-state index contributed by atoms with van der Waals surface area (Å²) in [6.07, 6.45) is 3.45. The second-order valence-electron chi connectivity index (χ2n) is 5.93. The summed E-state index contributed by atoms with van der Waals surface area (Å²) in [5.41, 5.74) is 0.0101. The molecule has 1 amide bonds. The van der Waals surface area contributed by atoms with Crippen LogP contribution in [0.3, 0.4) is 0 Å². The second-order valence-corrected chi connectivity index (χ2v) is 5.93. The third kappa shape index (κ3) is 2.83. The lowest BCUT2D eigenvalue weighted by Gasteiger charge is -2.43. The molecule has 0 radical (unpaired) electrons. The molecule has 1 aliphatic heterocycles. The SMILES string of the molecule is CCC[C@@]1(C(=O)O)CN(C(=O)c2cnccc2C)CC[C@H]1O. The Morgan fingerprint density at radius 1 is 1.50 bits per heavy atom. The van der Waals surface area contributed by atoms with Crippen LogP contribution in [-0.2, 0) is 4.79 Å². The van der Waals surface area contributed by atoms with Crippen molar-refractivity contribution in [3.8, 4) is 0 Å². The third-order valence-corrected chi connectivity index (χ3v) is 4.46. The number of aliphatic hydroxyl groups excluding tert-OH is 1. The maximum Gasteiger partial charge on any atom is 0.314 e. The minimum Gasteiger partial charge on any atom is -0.481 e. The van der Waals surface area contributed by atoms with Gasteiger partial charge in [0.2, 0.25) is 0 Å². The predicted octanol–water partition coefficient (Wildman–Crippen LogP) is 1.47. The molecule has 6 nitrogen and oxygen atoms in total. The number of hydrogen-bond donors (Lipinski definition) is 2. The minimum atomic E-state index is -1.28. The van der Waals surface area contributed by atoms with Crippen LogP contribution >= 0.6 is 0 Å². The van der Waals surface area contributed by atoms with Crippen LogP contribution in [0.15, 0.2) is 18.5 Å². The van der Waals surface area contributed by atoms with Gasteiger partial charge in [0.25, 0.3) is 5.91 Å². The largest absolute Gasteiger partial charge is 0.481 e. The van der Waals surface area contributed by atoms with E-state index in [1.807, 2.05) is 13.8 Å². The topological polar surface area (TPSA) is 90.7 Å². The van der Waals surface area contributed by atoms with Crippen LogP contribution in [0.5, 0.6) is 0 Å². The van der Waals surface area contributed by atoms with Crippen LogP contribution in [0.2, 0.25) is 0 Å². The zero-order valence-electron chi connectivity index (χ0n) is 13.0. The van der Waals surface area contributed by atoms with E-state index in [-0.39, 0.29) is 18.9 Å². The fraction of sp³-hybridized carbons (Fsp3) is 0.562. The number of carboxylic acids is 1. The number of pyridine rings is 1. The number of likely N-dealkylation sites (tertiary alicyclic amines) is 1. The van der Waals surface area contributed by atoms with Crippen LogP contribution in [0.1, 0.15) is 42.1 Å². The van der Waals surface area contributed by atoms with E-state index in [1.165, 1.54) is 11.1 Å². The number of aromatic nitrogens is 1. The first-order valence-corrected chi connectivity index (χ1v) is 7.53. The average molecular weight is 306 g/mol. The van der Waals surface area contributed by atoms with E-state index in [2.05, 4.69) is 4.98 Å². The van der Waals surface area contributed by atoms with E-state index in [9.17, 15) is 19.8 Å². The molecule has 2 N–H and O–H groups in total. The molecule has 2 atom stereocenters. The van der Waals surface area contributed by atoms with Gasteiger partial charge in [0, 0.05) is 25.5 Å². The Morgan fingerprint density at radius 2 is 2.23 bits per heavy atom. The minimum absolute atomic E-state index is 0.0322. The fourth-order valence-corrected chi connectivity index (χ4v) is 3.12. The molecule has 1 saturated heterocycles. The molecule has 6 heteroatoms. The quantitative estimate of drug-likeness (QED) is 0.879. The molecule has 120 valence electrons. The van der Waals surface area contributed by atoms with Gasteiger partial charge in [-0.2, -0.15) is 0 Å². The van der Waals surface area contributed by atoms with Crippen LogP contribution in [0.25, 0.3) is 0 Å². The number of carboxylic acid groups (broad SMARTS) is 1. The van der Waals surface area contributed by atoms with Crippen molar-refractivity contribution >= 4 is 11.9 Å². The molecule has 1 aliphatic rings. The van der Waals surface area contributed by atoms with Gasteiger partial charge in [0.05, 0.1) is 11.7 Å². The van der Waals surface area contributed by atoms with Crippen LogP contribution in [0, 0.1) is 12.3 Å². The molecular weight excluding hydrogens is 284 g/mol. The number of rotatable bonds is 4. The van der Waals surface area contributed by atoms with Crippen molar-refractivity contribution in [3.05, 3.63) is 29.6 Å². The maximum absolute atomic E-state index is 12.7. The zero-order chi connectivity index (χ0) is 16.3. The summed E-state index contributed by atoms with van der Waals surface area (Å²) in [7, 11) is 0. The standard InChI is InChI=1S/C16H22N2O4/c1-3-6-16(15(21)22)10-18(8-5-13(16)19)14(20)12-9-17-7-4-11(12)2/h4,7,9,13,19H,3,5-6,8,10H2,1-2H3,(H,21,22)/t13-,16-/m1/s1. The van der Waals surface area contributed by atoms with Crippen molar-refractivity contribution in [3.63, 3.8) is 0 Å². The van der Waals surface area contributed by atoms with Gasteiger partial charge in [0.1, 0.15) is 5.41 Å². The number of hydrogen-bond acceptors (Lipinski definition) is 4. The Labute approximate surface area is 129 Å². The summed E-state index contributed by atoms with van der Waals surface area (Å²) in [4.78, 5) is 29.9. The smallest absolute Gasteiger partial charge is 0.314 e. The molecule has 0 aliphatic carbocycles. The maximum atomic E-state index is 12.7. The molecule has 0 saturated carbocycles. The van der Waals surface area contributed by atoms with E-state index < -0.39 is 17.5 Å². The highest BCUT2D eigenvalue weighted by Crippen LogP contribution is 2.36. The van der Waals surface area contributed by atoms with Crippen LogP contribution < -0.4 is 0 Å². The highest BCUT2D eigenvalue weighted by Gasteiger charge is 2.49. The Hall–Kier alpha value is -1.95. The highest BCUT2D eigenvalue weighted by molar-refractivity contribution is 5.95. The Kier molecular flexibility index (Phi) is 4.81. The van der Waals surface area contributed by atoms with E-state index in [0.29, 0.717) is 24.9 Å². The number of nitrogens with zero attached hydrogens (tertiary/aromatic N) is 2. The lowest BCUT2D eigenvalue weighted by atomic mass is 9.74. The molecule has 0 spiro atoms. The molecule has 2 rings (SSSR count). The van der Waals surface area contributed by atoms with Gasteiger partial charge in [-0.25, -0.2) is 0 Å². The van der Waals surface area contributed by atoms with E-state index in [1.54, 1.807) is 12.3 Å². The zero-order valence-corrected chi connectivity index (χ0v) is 13.0. The third-order valence-electron chi connectivity index (χ3n) is 4.46. The highest BCUT2D eigenvalue weighted by atomic mass is 16.4. The lowest BCUT2D eigenvalue weighted by Crippen LogP contribution is -2.57. The molecule has 1 fully saturated rings. The van der Waals surface area contributed by atoms with Gasteiger partial charge in [-0.05, 0) is 31.4 Å². The van der Waals surface area contributed by atoms with Crippen molar-refractivity contribution in [1.82, 2.24) is 9.88 Å². The predicted molar refractivity (Wildman–Crippen MR) is 80.5 cm³/mol. The number of aliphatic carboxylic acids is 1. The molecule has 2 heterocycles. The van der Waals surface area contributed by atoms with E-state index >= 15 is 0 Å². The van der Waals surface area contributed by atoms with Gasteiger partial charge in [-0.3, -0.25) is 14.6 Å². The van der Waals surface area contributed by atoms with Gasteiger partial charge >= 0.3 is 5.97 Å². The molecule has 1 aromatic rings. The van der Waals surface area contributed by atoms with Crippen molar-refractivity contribution in [2.24, 2.45) is 5.41 Å². The van der Waals surface area contributed by atoms with Crippen LogP contribution in [0.4, 0.5) is 0 Å². The number of carbonyl (C=O) groups excluding carboxylic acids is 1. The number of aliphatic hydroxyl groups is 1. The van der Waals surface area contributed by atoms with E-state index in [4.69, 9.17) is 0 Å². The van der Waals surface area contributed by atoms with Gasteiger partial charge in [0.15, 0.2) is 0 Å². The molecule has 1 aromatic heterocycles. The fourth-order valence-electron chi connectivity index (χ4n) is 3.12. The summed E-state index contributed by atoms with van der Waals surface area (Å²) in [6.45, 7) is 4.09. The summed E-state index contributed by atoms with van der Waals surface area (Å²) < 4.78 is 0.